The van der Waals surface area contributed by atoms with E-state index in [0.717, 1.165) is 31.4 Å². The molecule has 1 aromatic carbocycles. The van der Waals surface area contributed by atoms with Crippen molar-refractivity contribution in [1.82, 2.24) is 5.43 Å². The molecule has 0 aliphatic heterocycles. The molecular formula is C13H19N5O2. The van der Waals surface area contributed by atoms with E-state index in [1.54, 1.807) is 24.3 Å². The number of hydrogen-bond donors (Lipinski definition) is 2. The normalized spacial score (nSPS) is 9.65. The summed E-state index contributed by atoms with van der Waals surface area (Å²) >= 11 is 0. The minimum Gasteiger partial charge on any atom is -0.494 e. The Morgan fingerprint density at radius 1 is 1.25 bits per heavy atom. The first kappa shape index (κ1) is 15.8. The maximum Gasteiger partial charge on any atom is 0.265 e. The Kier molecular flexibility index (Phi) is 7.64. The summed E-state index contributed by atoms with van der Waals surface area (Å²) in [4.78, 5) is 13.9. The Balaban J connectivity index is 2.16. The lowest BCUT2D eigenvalue weighted by molar-refractivity contribution is 0.0953. The number of hydrazine groups is 1. The van der Waals surface area contributed by atoms with Crippen molar-refractivity contribution in [3.63, 3.8) is 0 Å². The number of nitrogens with one attached hydrogen (secondary N) is 1. The second kappa shape index (κ2) is 9.66. The molecule has 0 aromatic heterocycles. The van der Waals surface area contributed by atoms with Gasteiger partial charge in [-0.05, 0) is 42.6 Å². The lowest BCUT2D eigenvalue weighted by Crippen LogP contribution is -2.29. The highest BCUT2D eigenvalue weighted by Gasteiger charge is 2.02. The zero-order valence-corrected chi connectivity index (χ0v) is 11.3. The van der Waals surface area contributed by atoms with E-state index in [-0.39, 0.29) is 5.91 Å². The summed E-state index contributed by atoms with van der Waals surface area (Å²) in [5, 5.41) is 3.47. The molecular weight excluding hydrogens is 258 g/mol. The quantitative estimate of drug-likeness (QED) is 0.137. The first-order valence-electron chi connectivity index (χ1n) is 6.52. The molecule has 0 saturated carbocycles. The van der Waals surface area contributed by atoms with Crippen LogP contribution in [0.1, 0.15) is 36.0 Å². The van der Waals surface area contributed by atoms with Crippen LogP contribution < -0.4 is 16.0 Å². The Labute approximate surface area is 117 Å². The number of carbonyl (C=O) groups is 1. The van der Waals surface area contributed by atoms with Gasteiger partial charge in [0.1, 0.15) is 5.75 Å². The number of unbranched alkanes of at least 4 members (excludes halogenated alkanes) is 3. The van der Waals surface area contributed by atoms with Crippen LogP contribution in [-0.2, 0) is 0 Å². The number of carbonyl (C=O) groups excluding carboxylic acids is 1. The molecule has 0 radical (unpaired) electrons. The van der Waals surface area contributed by atoms with Crippen molar-refractivity contribution in [2.45, 2.75) is 25.7 Å². The molecule has 20 heavy (non-hydrogen) atoms. The number of amides is 1. The Hall–Kier alpha value is -2.24. The molecule has 1 amide bonds. The van der Waals surface area contributed by atoms with E-state index in [0.29, 0.717) is 18.7 Å². The summed E-state index contributed by atoms with van der Waals surface area (Å²) in [6, 6.07) is 6.81. The average Bonchev–Trinajstić information content (AvgIpc) is 2.50. The molecule has 0 heterocycles. The van der Waals surface area contributed by atoms with E-state index in [1.807, 2.05) is 0 Å². The first-order chi connectivity index (χ1) is 9.77. The minimum absolute atomic E-state index is 0.323. The fraction of sp³-hybridized carbons (Fsp3) is 0.462. The number of hydrogen-bond acceptors (Lipinski definition) is 4. The Bertz CT molecular complexity index is 454. The van der Waals surface area contributed by atoms with Crippen molar-refractivity contribution in [3.8, 4) is 5.75 Å². The van der Waals surface area contributed by atoms with Gasteiger partial charge in [-0.15, -0.1) is 0 Å². The van der Waals surface area contributed by atoms with Crippen molar-refractivity contribution < 1.29 is 9.53 Å². The predicted octanol–water partition coefficient (Wildman–Crippen LogP) is 2.54. The second-order valence-electron chi connectivity index (χ2n) is 4.21. The SMILES string of the molecule is [N-]=[N+]=NCCCCCCOc1ccc(C(=O)NN)cc1. The molecule has 0 unspecified atom stereocenters. The van der Waals surface area contributed by atoms with E-state index in [2.05, 4.69) is 15.5 Å². The highest BCUT2D eigenvalue weighted by molar-refractivity contribution is 5.93. The van der Waals surface area contributed by atoms with E-state index in [1.165, 1.54) is 0 Å². The highest BCUT2D eigenvalue weighted by Crippen LogP contribution is 2.13. The molecule has 1 aromatic rings. The zero-order valence-electron chi connectivity index (χ0n) is 11.3. The van der Waals surface area contributed by atoms with Gasteiger partial charge >= 0.3 is 0 Å². The van der Waals surface area contributed by atoms with Crippen molar-refractivity contribution in [3.05, 3.63) is 40.3 Å². The van der Waals surface area contributed by atoms with Crippen LogP contribution >= 0.6 is 0 Å². The zero-order chi connectivity index (χ0) is 14.6. The highest BCUT2D eigenvalue weighted by atomic mass is 16.5. The van der Waals surface area contributed by atoms with E-state index < -0.39 is 0 Å². The van der Waals surface area contributed by atoms with Gasteiger partial charge < -0.3 is 4.74 Å². The van der Waals surface area contributed by atoms with Gasteiger partial charge in [0.05, 0.1) is 6.61 Å². The molecule has 0 aliphatic rings. The van der Waals surface area contributed by atoms with Gasteiger partial charge in [-0.2, -0.15) is 0 Å². The fourth-order valence-electron chi connectivity index (χ4n) is 1.66. The molecule has 7 heteroatoms. The lowest BCUT2D eigenvalue weighted by Gasteiger charge is -2.06. The van der Waals surface area contributed by atoms with Crippen molar-refractivity contribution >= 4 is 5.91 Å². The molecule has 0 atom stereocenters. The number of nitrogens with two attached hydrogens (primary N) is 1. The van der Waals surface area contributed by atoms with Crippen molar-refractivity contribution in [2.75, 3.05) is 13.2 Å². The van der Waals surface area contributed by atoms with Crippen LogP contribution in [0.4, 0.5) is 0 Å². The second-order valence-corrected chi connectivity index (χ2v) is 4.21. The number of azide groups is 1. The van der Waals surface area contributed by atoms with Gasteiger partial charge in [0.25, 0.3) is 5.91 Å². The van der Waals surface area contributed by atoms with E-state index in [9.17, 15) is 4.79 Å². The molecule has 108 valence electrons. The van der Waals surface area contributed by atoms with Gasteiger partial charge in [0, 0.05) is 17.0 Å². The Morgan fingerprint density at radius 2 is 1.95 bits per heavy atom. The van der Waals surface area contributed by atoms with Crippen LogP contribution in [0.25, 0.3) is 10.4 Å². The predicted molar refractivity (Wildman–Crippen MR) is 76.1 cm³/mol. The lowest BCUT2D eigenvalue weighted by atomic mass is 10.2. The van der Waals surface area contributed by atoms with Gasteiger partial charge in [-0.1, -0.05) is 18.0 Å². The number of rotatable bonds is 9. The number of ether oxygens (including phenoxy) is 1. The van der Waals surface area contributed by atoms with E-state index in [4.69, 9.17) is 16.1 Å². The molecule has 1 rings (SSSR count). The van der Waals surface area contributed by atoms with Crippen LogP contribution in [-0.4, -0.2) is 19.1 Å². The van der Waals surface area contributed by atoms with Crippen molar-refractivity contribution in [2.24, 2.45) is 11.0 Å². The third-order valence-corrected chi connectivity index (χ3v) is 2.73. The molecule has 0 aliphatic carbocycles. The summed E-state index contributed by atoms with van der Waals surface area (Å²) in [6.45, 7) is 1.19. The van der Waals surface area contributed by atoms with Crippen molar-refractivity contribution in [1.29, 1.82) is 0 Å². The van der Waals surface area contributed by atoms with Gasteiger partial charge in [0.2, 0.25) is 0 Å². The fourth-order valence-corrected chi connectivity index (χ4v) is 1.66. The van der Waals surface area contributed by atoms with Crippen LogP contribution in [0, 0.1) is 0 Å². The third-order valence-electron chi connectivity index (χ3n) is 2.73. The van der Waals surface area contributed by atoms with Gasteiger partial charge in [-0.25, -0.2) is 5.84 Å². The largest absolute Gasteiger partial charge is 0.494 e. The monoisotopic (exact) mass is 277 g/mol. The van der Waals surface area contributed by atoms with Gasteiger partial charge in [0.15, 0.2) is 0 Å². The Morgan fingerprint density at radius 3 is 2.60 bits per heavy atom. The first-order valence-corrected chi connectivity index (χ1v) is 6.52. The molecule has 3 N–H and O–H groups in total. The maximum atomic E-state index is 11.2. The molecule has 0 saturated heterocycles. The molecule has 0 bridgehead atoms. The molecule has 0 spiro atoms. The summed E-state index contributed by atoms with van der Waals surface area (Å²) in [5.41, 5.74) is 10.7. The average molecular weight is 277 g/mol. The van der Waals surface area contributed by atoms with Gasteiger partial charge in [-0.3, -0.25) is 10.2 Å². The summed E-state index contributed by atoms with van der Waals surface area (Å²) in [7, 11) is 0. The van der Waals surface area contributed by atoms with E-state index >= 15 is 0 Å². The molecule has 0 fully saturated rings. The third kappa shape index (κ3) is 6.08. The number of nitrogens with zero attached hydrogens (tertiary/aromatic N) is 3. The summed E-state index contributed by atoms with van der Waals surface area (Å²) < 4.78 is 5.56. The number of benzene rings is 1. The maximum absolute atomic E-state index is 11.2. The smallest absolute Gasteiger partial charge is 0.265 e. The summed E-state index contributed by atoms with van der Waals surface area (Å²) in [5.74, 6) is 5.45. The summed E-state index contributed by atoms with van der Waals surface area (Å²) in [6.07, 6.45) is 3.92. The minimum atomic E-state index is -0.323. The number of nitrogen functional groups attached to an aromatic ring is 1. The standard InChI is InChI=1S/C13H19N5O2/c14-17-13(19)11-5-7-12(8-6-11)20-10-4-2-1-3-9-16-18-15/h5-8H,1-4,9-10,14H2,(H,17,19). The van der Waals surface area contributed by atoms with Crippen LogP contribution in [0.5, 0.6) is 5.75 Å². The molecule has 7 nitrogen and oxygen atoms in total. The van der Waals surface area contributed by atoms with Crippen LogP contribution in [0.3, 0.4) is 0 Å². The topological polar surface area (TPSA) is 113 Å². The van der Waals surface area contributed by atoms with Crippen LogP contribution in [0.2, 0.25) is 0 Å². The van der Waals surface area contributed by atoms with Crippen LogP contribution in [0.15, 0.2) is 29.4 Å².